The van der Waals surface area contributed by atoms with Crippen molar-refractivity contribution >= 4 is 26.7 Å². The van der Waals surface area contributed by atoms with Crippen molar-refractivity contribution in [2.45, 2.75) is 0 Å². The van der Waals surface area contributed by atoms with Crippen molar-refractivity contribution in [3.8, 4) is 11.8 Å². The molecule has 0 aliphatic carbocycles. The van der Waals surface area contributed by atoms with E-state index in [0.717, 1.165) is 15.8 Å². The molecule has 2 aromatic rings. The summed E-state index contributed by atoms with van der Waals surface area (Å²) in [7, 11) is 0. The molecule has 0 spiro atoms. The first kappa shape index (κ1) is 9.00. The minimum Gasteiger partial charge on any atom is -0.384 e. The number of anilines is 1. The number of fused-ring (bicyclic) bond motifs is 1. The quantitative estimate of drug-likeness (QED) is 0.634. The van der Waals surface area contributed by atoms with Gasteiger partial charge in [-0.2, -0.15) is 0 Å². The van der Waals surface area contributed by atoms with Crippen LogP contribution in [0.15, 0.2) is 18.2 Å². The van der Waals surface area contributed by atoms with Crippen LogP contribution in [0.4, 0.5) is 5.13 Å². The first-order chi connectivity index (χ1) is 6.81. The van der Waals surface area contributed by atoms with Crippen LogP contribution in [0.2, 0.25) is 0 Å². The van der Waals surface area contributed by atoms with Crippen LogP contribution < -0.4 is 5.73 Å². The number of nitrogens with two attached hydrogens (primary N) is 1. The molecular formula is C10H8N2OS. The zero-order valence-electron chi connectivity index (χ0n) is 7.32. The highest BCUT2D eigenvalue weighted by Gasteiger charge is 2.03. The molecule has 3 nitrogen and oxygen atoms in total. The molecule has 1 aromatic heterocycles. The van der Waals surface area contributed by atoms with Gasteiger partial charge in [0.2, 0.25) is 0 Å². The lowest BCUT2D eigenvalue weighted by atomic mass is 10.2. The van der Waals surface area contributed by atoms with E-state index in [1.165, 1.54) is 11.3 Å². The second-order valence-corrected chi connectivity index (χ2v) is 3.73. The minimum absolute atomic E-state index is 0.143. The normalized spacial score (nSPS) is 9.79. The number of benzene rings is 1. The lowest BCUT2D eigenvalue weighted by Crippen LogP contribution is -1.82. The van der Waals surface area contributed by atoms with E-state index in [9.17, 15) is 0 Å². The van der Waals surface area contributed by atoms with E-state index < -0.39 is 0 Å². The van der Waals surface area contributed by atoms with Crippen molar-refractivity contribution in [2.75, 3.05) is 12.3 Å². The smallest absolute Gasteiger partial charge is 0.181 e. The summed E-state index contributed by atoms with van der Waals surface area (Å²) in [5, 5.41) is 9.13. The highest BCUT2D eigenvalue weighted by molar-refractivity contribution is 7.22. The van der Waals surface area contributed by atoms with Gasteiger partial charge < -0.3 is 10.8 Å². The fraction of sp³-hybridized carbons (Fsp3) is 0.100. The van der Waals surface area contributed by atoms with E-state index in [0.29, 0.717) is 5.13 Å². The van der Waals surface area contributed by atoms with Gasteiger partial charge in [0.1, 0.15) is 6.61 Å². The first-order valence-corrected chi connectivity index (χ1v) is 4.87. The summed E-state index contributed by atoms with van der Waals surface area (Å²) in [6.45, 7) is -0.143. The second kappa shape index (κ2) is 3.66. The molecule has 0 aliphatic heterocycles. The van der Waals surface area contributed by atoms with E-state index in [-0.39, 0.29) is 6.61 Å². The standard InChI is InChI=1S/C10H8N2OS/c11-10-12-9-7(4-2-6-13)3-1-5-8(9)14-10/h1,3,5,13H,6H2,(H2,11,12). The molecule has 0 aliphatic rings. The fourth-order valence-electron chi connectivity index (χ4n) is 1.20. The number of aliphatic hydroxyl groups excluding tert-OH is 1. The summed E-state index contributed by atoms with van der Waals surface area (Å²) in [6, 6.07) is 5.72. The van der Waals surface area contributed by atoms with Crippen LogP contribution in [0.25, 0.3) is 10.2 Å². The van der Waals surface area contributed by atoms with Gasteiger partial charge in [-0.1, -0.05) is 29.2 Å². The molecule has 0 bridgehead atoms. The number of hydrogen-bond acceptors (Lipinski definition) is 4. The predicted octanol–water partition coefficient (Wildman–Crippen LogP) is 1.22. The van der Waals surface area contributed by atoms with Gasteiger partial charge in [0, 0.05) is 0 Å². The number of nitrogen functional groups attached to an aromatic ring is 1. The predicted molar refractivity (Wildman–Crippen MR) is 58.0 cm³/mol. The van der Waals surface area contributed by atoms with Crippen molar-refractivity contribution in [3.63, 3.8) is 0 Å². The topological polar surface area (TPSA) is 59.1 Å². The lowest BCUT2D eigenvalue weighted by molar-refractivity contribution is 0.350. The molecule has 0 unspecified atom stereocenters. The monoisotopic (exact) mass is 204 g/mol. The summed E-state index contributed by atoms with van der Waals surface area (Å²) in [5.41, 5.74) is 7.22. The van der Waals surface area contributed by atoms with E-state index in [2.05, 4.69) is 16.8 Å². The largest absolute Gasteiger partial charge is 0.384 e. The Morgan fingerprint density at radius 1 is 1.50 bits per heavy atom. The average Bonchev–Trinajstić information content (AvgIpc) is 2.55. The summed E-state index contributed by atoms with van der Waals surface area (Å²) in [6.07, 6.45) is 0. The SMILES string of the molecule is Nc1nc2c(C#CCO)cccc2s1. The molecule has 0 saturated heterocycles. The van der Waals surface area contributed by atoms with Gasteiger partial charge in [-0.05, 0) is 12.1 Å². The van der Waals surface area contributed by atoms with Crippen LogP contribution in [0.3, 0.4) is 0 Å². The zero-order valence-corrected chi connectivity index (χ0v) is 8.14. The second-order valence-electron chi connectivity index (χ2n) is 2.66. The van der Waals surface area contributed by atoms with Crippen molar-refractivity contribution in [1.29, 1.82) is 0 Å². The molecule has 4 heteroatoms. The number of thiazole rings is 1. The van der Waals surface area contributed by atoms with Gasteiger partial charge in [-0.15, -0.1) is 0 Å². The third kappa shape index (κ3) is 1.55. The number of rotatable bonds is 0. The third-order valence-corrected chi connectivity index (χ3v) is 2.59. The Hall–Kier alpha value is -1.57. The number of hydrogen-bond donors (Lipinski definition) is 2. The van der Waals surface area contributed by atoms with E-state index in [1.807, 2.05) is 18.2 Å². The lowest BCUT2D eigenvalue weighted by Gasteiger charge is -1.90. The average molecular weight is 204 g/mol. The van der Waals surface area contributed by atoms with Crippen molar-refractivity contribution in [3.05, 3.63) is 23.8 Å². The van der Waals surface area contributed by atoms with Gasteiger partial charge in [0.05, 0.1) is 15.8 Å². The van der Waals surface area contributed by atoms with Gasteiger partial charge in [0.25, 0.3) is 0 Å². The maximum Gasteiger partial charge on any atom is 0.181 e. The first-order valence-electron chi connectivity index (χ1n) is 4.06. The Morgan fingerprint density at radius 2 is 2.36 bits per heavy atom. The van der Waals surface area contributed by atoms with E-state index in [1.54, 1.807) is 0 Å². The Bertz CT molecular complexity index is 522. The minimum atomic E-state index is -0.143. The molecule has 70 valence electrons. The molecule has 2 rings (SSSR count). The number of para-hydroxylation sites is 1. The molecule has 0 radical (unpaired) electrons. The molecular weight excluding hydrogens is 196 g/mol. The van der Waals surface area contributed by atoms with Gasteiger partial charge >= 0.3 is 0 Å². The Balaban J connectivity index is 2.64. The van der Waals surface area contributed by atoms with Crippen LogP contribution >= 0.6 is 11.3 Å². The van der Waals surface area contributed by atoms with Crippen LogP contribution in [-0.4, -0.2) is 16.7 Å². The summed E-state index contributed by atoms with van der Waals surface area (Å²) in [4.78, 5) is 4.18. The number of nitrogens with zero attached hydrogens (tertiary/aromatic N) is 1. The molecule has 1 heterocycles. The van der Waals surface area contributed by atoms with Gasteiger partial charge in [-0.25, -0.2) is 4.98 Å². The molecule has 0 amide bonds. The summed E-state index contributed by atoms with van der Waals surface area (Å²) >= 11 is 1.44. The third-order valence-electron chi connectivity index (χ3n) is 1.74. The summed E-state index contributed by atoms with van der Waals surface area (Å²) in [5.74, 6) is 5.43. The highest BCUT2D eigenvalue weighted by Crippen LogP contribution is 2.25. The van der Waals surface area contributed by atoms with E-state index >= 15 is 0 Å². The molecule has 3 N–H and O–H groups in total. The Kier molecular flexibility index (Phi) is 2.35. The Labute approximate surface area is 85.2 Å². The Morgan fingerprint density at radius 3 is 3.14 bits per heavy atom. The van der Waals surface area contributed by atoms with Gasteiger partial charge in [-0.3, -0.25) is 0 Å². The van der Waals surface area contributed by atoms with Crippen LogP contribution in [-0.2, 0) is 0 Å². The molecule has 1 aromatic carbocycles. The molecule has 0 saturated carbocycles. The van der Waals surface area contributed by atoms with Crippen LogP contribution in [0.5, 0.6) is 0 Å². The molecule has 14 heavy (non-hydrogen) atoms. The maximum absolute atomic E-state index is 8.59. The van der Waals surface area contributed by atoms with Crippen molar-refractivity contribution in [2.24, 2.45) is 0 Å². The molecule has 0 fully saturated rings. The maximum atomic E-state index is 8.59. The molecule has 0 atom stereocenters. The van der Waals surface area contributed by atoms with Crippen molar-refractivity contribution in [1.82, 2.24) is 4.98 Å². The zero-order chi connectivity index (χ0) is 9.97. The van der Waals surface area contributed by atoms with Gasteiger partial charge in [0.15, 0.2) is 5.13 Å². The number of aromatic nitrogens is 1. The highest BCUT2D eigenvalue weighted by atomic mass is 32.1. The van der Waals surface area contributed by atoms with E-state index in [4.69, 9.17) is 10.8 Å². The van der Waals surface area contributed by atoms with Crippen LogP contribution in [0.1, 0.15) is 5.56 Å². The fourth-order valence-corrected chi connectivity index (χ4v) is 1.96. The number of aliphatic hydroxyl groups is 1. The van der Waals surface area contributed by atoms with Crippen LogP contribution in [0, 0.1) is 11.8 Å². The summed E-state index contributed by atoms with van der Waals surface area (Å²) < 4.78 is 1.02. The van der Waals surface area contributed by atoms with Crippen molar-refractivity contribution < 1.29 is 5.11 Å².